The van der Waals surface area contributed by atoms with Crippen LogP contribution in [0.2, 0.25) is 0 Å². The molecule has 0 radical (unpaired) electrons. The lowest BCUT2D eigenvalue weighted by atomic mass is 9.68. The third kappa shape index (κ3) is 5.04. The average Bonchev–Trinajstić information content (AvgIpc) is 2.43. The van der Waals surface area contributed by atoms with Crippen molar-refractivity contribution in [2.75, 3.05) is 11.6 Å². The number of anilines is 1. The first-order valence-electron chi connectivity index (χ1n) is 8.27. The molecule has 2 N–H and O–H groups in total. The standard InChI is InChI=1S/C18H25NO5S/c1-11-5-13(10-18(2,3)9-11)16(20)19-14-6-12(17(21)22)7-15(8-14)25(4,23)24/h6-8,11,13H,5,9-10H2,1-4H3,(H,19,20)(H,21,22). The lowest BCUT2D eigenvalue weighted by Crippen LogP contribution is -2.34. The van der Waals surface area contributed by atoms with Crippen LogP contribution in [0.25, 0.3) is 0 Å². The number of carboxylic acid groups (broad SMARTS) is 1. The maximum atomic E-state index is 12.6. The van der Waals surface area contributed by atoms with Gasteiger partial charge in [0, 0.05) is 17.9 Å². The van der Waals surface area contributed by atoms with Gasteiger partial charge in [-0.05, 0) is 48.8 Å². The molecule has 1 saturated carbocycles. The Kier molecular flexibility index (Phi) is 5.27. The first-order chi connectivity index (χ1) is 11.4. The first kappa shape index (κ1) is 19.4. The van der Waals surface area contributed by atoms with Crippen molar-refractivity contribution in [3.63, 3.8) is 0 Å². The highest BCUT2D eigenvalue weighted by Crippen LogP contribution is 2.42. The van der Waals surface area contributed by atoms with Crippen molar-refractivity contribution in [2.45, 2.75) is 44.9 Å². The van der Waals surface area contributed by atoms with E-state index >= 15 is 0 Å². The maximum absolute atomic E-state index is 12.6. The molecule has 0 aliphatic heterocycles. The van der Waals surface area contributed by atoms with Crippen LogP contribution >= 0.6 is 0 Å². The van der Waals surface area contributed by atoms with Crippen LogP contribution in [0.3, 0.4) is 0 Å². The Balaban J connectivity index is 2.28. The van der Waals surface area contributed by atoms with Gasteiger partial charge in [-0.15, -0.1) is 0 Å². The Labute approximate surface area is 148 Å². The molecule has 2 atom stereocenters. The van der Waals surface area contributed by atoms with E-state index in [9.17, 15) is 23.1 Å². The average molecular weight is 367 g/mol. The molecule has 7 heteroatoms. The van der Waals surface area contributed by atoms with E-state index in [-0.39, 0.29) is 33.4 Å². The number of carbonyl (C=O) groups excluding carboxylic acids is 1. The fourth-order valence-corrected chi connectivity index (χ4v) is 4.48. The Morgan fingerprint density at radius 2 is 1.84 bits per heavy atom. The largest absolute Gasteiger partial charge is 0.478 e. The first-order valence-corrected chi connectivity index (χ1v) is 10.2. The molecule has 1 aromatic rings. The fourth-order valence-electron chi connectivity index (χ4n) is 3.80. The second-order valence-electron chi connectivity index (χ2n) is 7.92. The van der Waals surface area contributed by atoms with E-state index in [1.807, 2.05) is 0 Å². The lowest BCUT2D eigenvalue weighted by molar-refractivity contribution is -0.122. The molecule has 0 aromatic heterocycles. The summed E-state index contributed by atoms with van der Waals surface area (Å²) in [6.07, 6.45) is 3.59. The van der Waals surface area contributed by atoms with Gasteiger partial charge in [0.05, 0.1) is 10.5 Å². The molecule has 6 nitrogen and oxygen atoms in total. The van der Waals surface area contributed by atoms with Crippen molar-refractivity contribution >= 4 is 27.4 Å². The zero-order valence-corrected chi connectivity index (χ0v) is 15.8. The number of nitrogens with one attached hydrogen (secondary N) is 1. The van der Waals surface area contributed by atoms with E-state index < -0.39 is 15.8 Å². The Hall–Kier alpha value is -1.89. The molecule has 0 heterocycles. The van der Waals surface area contributed by atoms with Crippen molar-refractivity contribution < 1.29 is 23.1 Å². The Morgan fingerprint density at radius 1 is 1.20 bits per heavy atom. The molecule has 25 heavy (non-hydrogen) atoms. The van der Waals surface area contributed by atoms with Crippen molar-refractivity contribution in [3.8, 4) is 0 Å². The minimum Gasteiger partial charge on any atom is -0.478 e. The summed E-state index contributed by atoms with van der Waals surface area (Å²) in [4.78, 5) is 23.8. The number of carbonyl (C=O) groups is 2. The third-order valence-electron chi connectivity index (χ3n) is 4.61. The number of hydrogen-bond acceptors (Lipinski definition) is 4. The van der Waals surface area contributed by atoms with Gasteiger partial charge in [-0.25, -0.2) is 13.2 Å². The number of sulfone groups is 1. The van der Waals surface area contributed by atoms with Gasteiger partial charge < -0.3 is 10.4 Å². The van der Waals surface area contributed by atoms with Gasteiger partial charge >= 0.3 is 5.97 Å². The van der Waals surface area contributed by atoms with Crippen LogP contribution < -0.4 is 5.32 Å². The molecule has 2 rings (SSSR count). The number of amides is 1. The number of aromatic carboxylic acids is 1. The molecule has 0 spiro atoms. The van der Waals surface area contributed by atoms with E-state index in [2.05, 4.69) is 26.1 Å². The van der Waals surface area contributed by atoms with Crippen LogP contribution in [-0.2, 0) is 14.6 Å². The number of rotatable bonds is 4. The summed E-state index contributed by atoms with van der Waals surface area (Å²) < 4.78 is 23.5. The summed E-state index contributed by atoms with van der Waals surface area (Å²) in [7, 11) is -3.58. The van der Waals surface area contributed by atoms with Crippen LogP contribution in [0, 0.1) is 17.3 Å². The van der Waals surface area contributed by atoms with Gasteiger partial charge in [0.1, 0.15) is 0 Å². The van der Waals surface area contributed by atoms with Crippen LogP contribution in [0.4, 0.5) is 5.69 Å². The number of benzene rings is 1. The van der Waals surface area contributed by atoms with Gasteiger partial charge in [0.15, 0.2) is 9.84 Å². The predicted octanol–water partition coefficient (Wildman–Crippen LogP) is 3.19. The van der Waals surface area contributed by atoms with Gasteiger partial charge in [0.2, 0.25) is 5.91 Å². The van der Waals surface area contributed by atoms with Gasteiger partial charge in [-0.1, -0.05) is 20.8 Å². The van der Waals surface area contributed by atoms with Crippen LogP contribution in [0.1, 0.15) is 50.4 Å². The predicted molar refractivity (Wildman–Crippen MR) is 95.4 cm³/mol. The maximum Gasteiger partial charge on any atom is 0.335 e. The quantitative estimate of drug-likeness (QED) is 0.851. The van der Waals surface area contributed by atoms with Crippen molar-refractivity contribution in [2.24, 2.45) is 17.3 Å². The van der Waals surface area contributed by atoms with E-state index in [1.54, 1.807) is 0 Å². The second kappa shape index (κ2) is 6.78. The molecular formula is C18H25NO5S. The third-order valence-corrected chi connectivity index (χ3v) is 5.70. The monoisotopic (exact) mass is 367 g/mol. The molecule has 0 saturated heterocycles. The molecule has 1 aliphatic rings. The van der Waals surface area contributed by atoms with Crippen LogP contribution in [0.5, 0.6) is 0 Å². The highest BCUT2D eigenvalue weighted by atomic mass is 32.2. The second-order valence-corrected chi connectivity index (χ2v) is 9.94. The van der Waals surface area contributed by atoms with Crippen molar-refractivity contribution in [3.05, 3.63) is 23.8 Å². The summed E-state index contributed by atoms with van der Waals surface area (Å²) in [5, 5.41) is 11.9. The SMILES string of the molecule is CC1CC(C(=O)Nc2cc(C(=O)O)cc(S(C)(=O)=O)c2)CC(C)(C)C1. The topological polar surface area (TPSA) is 101 Å². The molecule has 138 valence electrons. The summed E-state index contributed by atoms with van der Waals surface area (Å²) in [5.41, 5.74) is 0.0949. The van der Waals surface area contributed by atoms with E-state index in [0.29, 0.717) is 5.92 Å². The van der Waals surface area contributed by atoms with Gasteiger partial charge in [-0.2, -0.15) is 0 Å². The Morgan fingerprint density at radius 3 is 2.36 bits per heavy atom. The number of carboxylic acids is 1. The zero-order chi connectivity index (χ0) is 19.0. The van der Waals surface area contributed by atoms with E-state index in [4.69, 9.17) is 0 Å². The normalized spacial score (nSPS) is 23.0. The van der Waals surface area contributed by atoms with Crippen molar-refractivity contribution in [1.29, 1.82) is 0 Å². The van der Waals surface area contributed by atoms with Crippen molar-refractivity contribution in [1.82, 2.24) is 0 Å². The van der Waals surface area contributed by atoms with Crippen LogP contribution in [0.15, 0.2) is 23.1 Å². The number of hydrogen-bond donors (Lipinski definition) is 2. The summed E-state index contributed by atoms with van der Waals surface area (Å²) >= 11 is 0. The molecule has 1 amide bonds. The molecule has 1 aliphatic carbocycles. The Bertz CT molecular complexity index is 798. The fraction of sp³-hybridized carbons (Fsp3) is 0.556. The minimum absolute atomic E-state index is 0.0699. The van der Waals surface area contributed by atoms with Crippen LogP contribution in [-0.4, -0.2) is 31.7 Å². The molecule has 1 aromatic carbocycles. The van der Waals surface area contributed by atoms with Gasteiger partial charge in [-0.3, -0.25) is 4.79 Å². The zero-order valence-electron chi connectivity index (χ0n) is 15.0. The molecule has 1 fully saturated rings. The summed E-state index contributed by atoms with van der Waals surface area (Å²) in [6, 6.07) is 3.68. The van der Waals surface area contributed by atoms with E-state index in [1.165, 1.54) is 12.1 Å². The smallest absolute Gasteiger partial charge is 0.335 e. The molecular weight excluding hydrogens is 342 g/mol. The lowest BCUT2D eigenvalue weighted by Gasteiger charge is -2.38. The summed E-state index contributed by atoms with van der Waals surface area (Å²) in [6.45, 7) is 6.39. The van der Waals surface area contributed by atoms with E-state index in [0.717, 1.165) is 31.6 Å². The molecule has 2 unspecified atom stereocenters. The summed E-state index contributed by atoms with van der Waals surface area (Å²) in [5.74, 6) is -1.18. The minimum atomic E-state index is -3.58. The van der Waals surface area contributed by atoms with Gasteiger partial charge in [0.25, 0.3) is 0 Å². The highest BCUT2D eigenvalue weighted by Gasteiger charge is 2.35. The highest BCUT2D eigenvalue weighted by molar-refractivity contribution is 7.90. The molecule has 0 bridgehead atoms.